The lowest BCUT2D eigenvalue weighted by atomic mass is 10.1. The molecule has 3 heteroatoms. The van der Waals surface area contributed by atoms with Crippen molar-refractivity contribution >= 4 is 11.8 Å². The van der Waals surface area contributed by atoms with Gasteiger partial charge in [-0.3, -0.25) is 0 Å². The van der Waals surface area contributed by atoms with Crippen LogP contribution >= 0.6 is 11.8 Å². The zero-order valence-corrected chi connectivity index (χ0v) is 7.49. The molecular formula is C8H14O2S. The Bertz CT molecular complexity index is 122. The molecular weight excluding hydrogens is 160 g/mol. The van der Waals surface area contributed by atoms with E-state index in [2.05, 4.69) is 0 Å². The monoisotopic (exact) mass is 174 g/mol. The van der Waals surface area contributed by atoms with Crippen molar-refractivity contribution in [3.63, 3.8) is 0 Å². The predicted molar refractivity (Wildman–Crippen MR) is 46.1 cm³/mol. The first-order valence-electron chi connectivity index (χ1n) is 4.21. The molecule has 11 heavy (non-hydrogen) atoms. The van der Waals surface area contributed by atoms with Gasteiger partial charge < -0.3 is 9.47 Å². The molecule has 1 unspecified atom stereocenters. The maximum Gasteiger partial charge on any atom is 0.101 e. The molecule has 1 atom stereocenters. The van der Waals surface area contributed by atoms with Gasteiger partial charge in [0.15, 0.2) is 0 Å². The van der Waals surface area contributed by atoms with Crippen molar-refractivity contribution in [1.29, 1.82) is 0 Å². The number of ether oxygens (including phenoxy) is 2. The fraction of sp³-hybridized carbons (Fsp3) is 1.00. The van der Waals surface area contributed by atoms with Crippen LogP contribution in [0.3, 0.4) is 0 Å². The molecule has 2 aliphatic heterocycles. The largest absolute Gasteiger partial charge is 0.378 e. The van der Waals surface area contributed by atoms with Crippen molar-refractivity contribution in [1.82, 2.24) is 0 Å². The lowest BCUT2D eigenvalue weighted by Crippen LogP contribution is -2.36. The zero-order valence-electron chi connectivity index (χ0n) is 6.67. The Labute approximate surface area is 71.6 Å². The van der Waals surface area contributed by atoms with Gasteiger partial charge in [0, 0.05) is 19.0 Å². The summed E-state index contributed by atoms with van der Waals surface area (Å²) >= 11 is 1.98. The predicted octanol–water partition coefficient (Wildman–Crippen LogP) is 1.30. The van der Waals surface area contributed by atoms with Crippen LogP contribution in [0.1, 0.15) is 12.8 Å². The maximum atomic E-state index is 5.81. The Morgan fingerprint density at radius 2 is 2.27 bits per heavy atom. The van der Waals surface area contributed by atoms with Gasteiger partial charge in [0.25, 0.3) is 0 Å². The van der Waals surface area contributed by atoms with Gasteiger partial charge in [-0.1, -0.05) is 0 Å². The molecule has 2 fully saturated rings. The topological polar surface area (TPSA) is 18.5 Å². The van der Waals surface area contributed by atoms with Gasteiger partial charge in [-0.15, -0.1) is 0 Å². The third-order valence-electron chi connectivity index (χ3n) is 2.27. The lowest BCUT2D eigenvalue weighted by Gasteiger charge is -2.25. The minimum Gasteiger partial charge on any atom is -0.378 e. The average Bonchev–Trinajstić information content (AvgIpc) is 2.32. The molecule has 0 aliphatic carbocycles. The van der Waals surface area contributed by atoms with Crippen LogP contribution in [0, 0.1) is 0 Å². The number of thioether (sulfide) groups is 1. The standard InChI is InChI=1S/C8H14O2S/c1-3-9-6-8(10-4-1)2-5-11-7-8/h1-7H2. The molecule has 0 aromatic rings. The Morgan fingerprint density at radius 1 is 1.27 bits per heavy atom. The van der Waals surface area contributed by atoms with E-state index in [-0.39, 0.29) is 5.60 Å². The van der Waals surface area contributed by atoms with Crippen LogP contribution in [0.4, 0.5) is 0 Å². The van der Waals surface area contributed by atoms with E-state index in [1.807, 2.05) is 11.8 Å². The molecule has 0 amide bonds. The summed E-state index contributed by atoms with van der Waals surface area (Å²) in [5, 5.41) is 0. The molecule has 0 N–H and O–H groups in total. The Hall–Kier alpha value is 0.270. The smallest absolute Gasteiger partial charge is 0.101 e. The molecule has 2 heterocycles. The van der Waals surface area contributed by atoms with E-state index in [0.29, 0.717) is 0 Å². The molecule has 2 saturated heterocycles. The van der Waals surface area contributed by atoms with Crippen LogP contribution in [-0.4, -0.2) is 36.9 Å². The third kappa shape index (κ3) is 1.71. The van der Waals surface area contributed by atoms with E-state index in [0.717, 1.165) is 32.0 Å². The van der Waals surface area contributed by atoms with Gasteiger partial charge in [-0.2, -0.15) is 11.8 Å². The van der Waals surface area contributed by atoms with Gasteiger partial charge in [-0.25, -0.2) is 0 Å². The highest BCUT2D eigenvalue weighted by atomic mass is 32.2. The van der Waals surface area contributed by atoms with Gasteiger partial charge >= 0.3 is 0 Å². The van der Waals surface area contributed by atoms with Crippen LogP contribution in [0.25, 0.3) is 0 Å². The number of hydrogen-bond donors (Lipinski definition) is 0. The Balaban J connectivity index is 1.97. The van der Waals surface area contributed by atoms with Crippen LogP contribution in [0.15, 0.2) is 0 Å². The summed E-state index contributed by atoms with van der Waals surface area (Å²) in [6.07, 6.45) is 2.24. The molecule has 0 aromatic heterocycles. The van der Waals surface area contributed by atoms with Gasteiger partial charge in [0.05, 0.1) is 6.61 Å². The fourth-order valence-electron chi connectivity index (χ4n) is 1.57. The average molecular weight is 174 g/mol. The highest BCUT2D eigenvalue weighted by Gasteiger charge is 2.36. The molecule has 0 bridgehead atoms. The zero-order chi connectivity index (χ0) is 7.57. The molecule has 1 spiro atoms. The van der Waals surface area contributed by atoms with E-state index < -0.39 is 0 Å². The summed E-state index contributed by atoms with van der Waals surface area (Å²) in [6, 6.07) is 0. The fourth-order valence-corrected chi connectivity index (χ4v) is 2.91. The SMILES string of the molecule is C1COCC2(CCSC2)OC1. The quantitative estimate of drug-likeness (QED) is 0.551. The van der Waals surface area contributed by atoms with Gasteiger partial charge in [-0.05, 0) is 18.6 Å². The molecule has 64 valence electrons. The van der Waals surface area contributed by atoms with Crippen molar-refractivity contribution in [3.8, 4) is 0 Å². The third-order valence-corrected chi connectivity index (χ3v) is 3.50. The molecule has 0 saturated carbocycles. The van der Waals surface area contributed by atoms with Gasteiger partial charge in [0.1, 0.15) is 5.60 Å². The first-order valence-corrected chi connectivity index (χ1v) is 5.36. The first-order chi connectivity index (χ1) is 5.41. The molecule has 2 nitrogen and oxygen atoms in total. The second kappa shape index (κ2) is 3.33. The second-order valence-corrected chi connectivity index (χ2v) is 4.35. The minimum absolute atomic E-state index is 0.0984. The Kier molecular flexibility index (Phi) is 2.39. The first kappa shape index (κ1) is 7.90. The maximum absolute atomic E-state index is 5.81. The summed E-state index contributed by atoms with van der Waals surface area (Å²) in [7, 11) is 0. The van der Waals surface area contributed by atoms with Crippen molar-refractivity contribution in [2.24, 2.45) is 0 Å². The summed E-state index contributed by atoms with van der Waals surface area (Å²) < 4.78 is 11.3. The molecule has 0 radical (unpaired) electrons. The summed E-state index contributed by atoms with van der Waals surface area (Å²) in [5.41, 5.74) is 0.0984. The van der Waals surface area contributed by atoms with E-state index in [1.165, 1.54) is 12.2 Å². The van der Waals surface area contributed by atoms with E-state index >= 15 is 0 Å². The van der Waals surface area contributed by atoms with Crippen molar-refractivity contribution in [3.05, 3.63) is 0 Å². The highest BCUT2D eigenvalue weighted by molar-refractivity contribution is 7.99. The van der Waals surface area contributed by atoms with E-state index in [9.17, 15) is 0 Å². The van der Waals surface area contributed by atoms with Crippen molar-refractivity contribution in [2.75, 3.05) is 31.3 Å². The summed E-state index contributed by atoms with van der Waals surface area (Å²) in [5.74, 6) is 2.37. The van der Waals surface area contributed by atoms with Crippen LogP contribution in [0.5, 0.6) is 0 Å². The van der Waals surface area contributed by atoms with Crippen LogP contribution in [-0.2, 0) is 9.47 Å². The lowest BCUT2D eigenvalue weighted by molar-refractivity contribution is -0.0486. The normalized spacial score (nSPS) is 39.3. The van der Waals surface area contributed by atoms with E-state index in [1.54, 1.807) is 0 Å². The van der Waals surface area contributed by atoms with Crippen molar-refractivity contribution in [2.45, 2.75) is 18.4 Å². The molecule has 2 aliphatic rings. The number of hydrogen-bond acceptors (Lipinski definition) is 3. The summed E-state index contributed by atoms with van der Waals surface area (Å²) in [6.45, 7) is 2.59. The number of rotatable bonds is 0. The Morgan fingerprint density at radius 3 is 3.09 bits per heavy atom. The van der Waals surface area contributed by atoms with Gasteiger partial charge in [0.2, 0.25) is 0 Å². The van der Waals surface area contributed by atoms with Crippen LogP contribution in [0.2, 0.25) is 0 Å². The summed E-state index contributed by atoms with van der Waals surface area (Å²) in [4.78, 5) is 0. The molecule has 0 aromatic carbocycles. The van der Waals surface area contributed by atoms with Crippen LogP contribution < -0.4 is 0 Å². The minimum atomic E-state index is 0.0984. The second-order valence-electron chi connectivity index (χ2n) is 3.24. The van der Waals surface area contributed by atoms with E-state index in [4.69, 9.17) is 9.47 Å². The molecule has 2 rings (SSSR count). The highest BCUT2D eigenvalue weighted by Crippen LogP contribution is 2.32. The van der Waals surface area contributed by atoms with Crippen molar-refractivity contribution < 1.29 is 9.47 Å².